The van der Waals surface area contributed by atoms with E-state index in [-0.39, 0.29) is 35.1 Å². The Morgan fingerprint density at radius 1 is 1.23 bits per heavy atom. The summed E-state index contributed by atoms with van der Waals surface area (Å²) in [6.07, 6.45) is 1.40. The van der Waals surface area contributed by atoms with Gasteiger partial charge in [0.25, 0.3) is 0 Å². The third-order valence-corrected chi connectivity index (χ3v) is 4.66. The highest BCUT2D eigenvalue weighted by molar-refractivity contribution is 5.97. The summed E-state index contributed by atoms with van der Waals surface area (Å²) < 4.78 is 10.2. The first kappa shape index (κ1) is 15.1. The fourth-order valence-corrected chi connectivity index (χ4v) is 3.78. The van der Waals surface area contributed by atoms with E-state index in [1.54, 1.807) is 7.11 Å². The molecule has 1 heterocycles. The predicted octanol–water partition coefficient (Wildman–Crippen LogP) is 3.09. The van der Waals surface area contributed by atoms with Gasteiger partial charge in [0.05, 0.1) is 18.9 Å². The molecule has 4 nitrogen and oxygen atoms in total. The van der Waals surface area contributed by atoms with Gasteiger partial charge in [0, 0.05) is 0 Å². The maximum atomic E-state index is 12.2. The molecular weight excluding hydrogens is 280 g/mol. The van der Waals surface area contributed by atoms with Crippen LogP contribution in [0, 0.1) is 17.3 Å². The minimum atomic E-state index is -0.373. The van der Waals surface area contributed by atoms with Crippen LogP contribution in [0.3, 0.4) is 0 Å². The van der Waals surface area contributed by atoms with E-state index in [0.29, 0.717) is 6.42 Å². The molecule has 3 atom stereocenters. The third-order valence-electron chi connectivity index (χ3n) is 4.66. The van der Waals surface area contributed by atoms with Crippen molar-refractivity contribution in [1.82, 2.24) is 0 Å². The van der Waals surface area contributed by atoms with Gasteiger partial charge in [-0.25, -0.2) is 0 Å². The summed E-state index contributed by atoms with van der Waals surface area (Å²) in [5.41, 5.74) is 2.32. The minimum Gasteiger partial charge on any atom is -0.497 e. The van der Waals surface area contributed by atoms with Crippen molar-refractivity contribution in [3.8, 4) is 5.75 Å². The molecule has 1 aliphatic carbocycles. The maximum Gasteiger partial charge on any atom is 0.318 e. The molecule has 4 heteroatoms. The van der Waals surface area contributed by atoms with E-state index in [1.807, 2.05) is 18.2 Å². The molecule has 3 rings (SSSR count). The number of fused-ring (bicyclic) bond motifs is 2. The molecule has 0 saturated carbocycles. The lowest BCUT2D eigenvalue weighted by atomic mass is 9.65. The Balaban J connectivity index is 2.08. The summed E-state index contributed by atoms with van der Waals surface area (Å²) in [5.74, 6) is -0.608. The van der Waals surface area contributed by atoms with Crippen molar-refractivity contribution < 1.29 is 19.1 Å². The summed E-state index contributed by atoms with van der Waals surface area (Å²) in [6.45, 7) is 6.46. The van der Waals surface area contributed by atoms with Gasteiger partial charge in [-0.3, -0.25) is 9.59 Å². The fourth-order valence-electron chi connectivity index (χ4n) is 3.78. The van der Waals surface area contributed by atoms with Crippen molar-refractivity contribution in [2.75, 3.05) is 7.11 Å². The summed E-state index contributed by atoms with van der Waals surface area (Å²) in [4.78, 5) is 24.2. The Morgan fingerprint density at radius 3 is 2.59 bits per heavy atom. The first-order valence-electron chi connectivity index (χ1n) is 7.72. The molecule has 0 radical (unpaired) electrons. The van der Waals surface area contributed by atoms with Crippen LogP contribution in [0.2, 0.25) is 0 Å². The van der Waals surface area contributed by atoms with Gasteiger partial charge in [-0.05, 0) is 47.4 Å². The number of esters is 2. The number of carbonyl (C=O) groups excluding carboxylic acids is 2. The van der Waals surface area contributed by atoms with Crippen LogP contribution in [0.1, 0.15) is 44.2 Å². The van der Waals surface area contributed by atoms with E-state index in [2.05, 4.69) is 20.8 Å². The minimum absolute atomic E-state index is 0.0265. The second-order valence-electron chi connectivity index (χ2n) is 7.51. The lowest BCUT2D eigenvalue weighted by Gasteiger charge is -2.36. The Kier molecular flexibility index (Phi) is 3.50. The zero-order valence-electron chi connectivity index (χ0n) is 13.5. The number of hydrogen-bond donors (Lipinski definition) is 0. The second-order valence-corrected chi connectivity index (χ2v) is 7.51. The third kappa shape index (κ3) is 2.51. The van der Waals surface area contributed by atoms with Crippen molar-refractivity contribution in [3.05, 3.63) is 29.3 Å². The van der Waals surface area contributed by atoms with Crippen molar-refractivity contribution in [2.45, 2.75) is 39.5 Å². The number of ether oxygens (including phenoxy) is 2. The molecule has 0 bridgehead atoms. The Bertz CT molecular complexity index is 626. The molecule has 1 aromatic carbocycles. The van der Waals surface area contributed by atoms with Crippen LogP contribution in [0.4, 0.5) is 0 Å². The molecule has 22 heavy (non-hydrogen) atoms. The normalized spacial score (nSPS) is 27.2. The SMILES string of the molecule is COc1ccc2c(c1)C[C@H]1C(=O)OC(=O)[C@H]1[C@H]2CC(C)(C)C. The lowest BCUT2D eigenvalue weighted by Crippen LogP contribution is -2.34. The summed E-state index contributed by atoms with van der Waals surface area (Å²) in [5, 5.41) is 0. The van der Waals surface area contributed by atoms with E-state index < -0.39 is 0 Å². The molecule has 1 saturated heterocycles. The van der Waals surface area contributed by atoms with E-state index in [4.69, 9.17) is 9.47 Å². The Morgan fingerprint density at radius 2 is 1.95 bits per heavy atom. The smallest absolute Gasteiger partial charge is 0.318 e. The highest BCUT2D eigenvalue weighted by atomic mass is 16.6. The largest absolute Gasteiger partial charge is 0.497 e. The van der Waals surface area contributed by atoms with Crippen LogP contribution in [0.25, 0.3) is 0 Å². The van der Waals surface area contributed by atoms with Crippen LogP contribution in [0.5, 0.6) is 5.75 Å². The molecule has 1 aliphatic heterocycles. The average Bonchev–Trinajstić information content (AvgIpc) is 2.71. The molecule has 0 amide bonds. The molecule has 0 spiro atoms. The highest BCUT2D eigenvalue weighted by Crippen LogP contribution is 2.49. The maximum absolute atomic E-state index is 12.2. The van der Waals surface area contributed by atoms with Gasteiger partial charge >= 0.3 is 11.9 Å². The van der Waals surface area contributed by atoms with Crippen molar-refractivity contribution in [1.29, 1.82) is 0 Å². The highest BCUT2D eigenvalue weighted by Gasteiger charge is 2.52. The zero-order valence-corrected chi connectivity index (χ0v) is 13.5. The van der Waals surface area contributed by atoms with Crippen LogP contribution < -0.4 is 4.74 Å². The van der Waals surface area contributed by atoms with Crippen LogP contribution in [0.15, 0.2) is 18.2 Å². The number of carbonyl (C=O) groups is 2. The van der Waals surface area contributed by atoms with Gasteiger partial charge < -0.3 is 9.47 Å². The van der Waals surface area contributed by atoms with E-state index in [9.17, 15) is 9.59 Å². The summed E-state index contributed by atoms with van der Waals surface area (Å²) in [7, 11) is 1.63. The molecule has 1 aromatic rings. The Hall–Kier alpha value is -1.84. The Labute approximate surface area is 130 Å². The van der Waals surface area contributed by atoms with Gasteiger partial charge in [-0.1, -0.05) is 26.8 Å². The van der Waals surface area contributed by atoms with Gasteiger partial charge in [0.1, 0.15) is 5.75 Å². The van der Waals surface area contributed by atoms with Crippen molar-refractivity contribution >= 4 is 11.9 Å². The summed E-state index contributed by atoms with van der Waals surface area (Å²) in [6, 6.07) is 5.95. The topological polar surface area (TPSA) is 52.6 Å². The number of rotatable bonds is 2. The fraction of sp³-hybridized carbons (Fsp3) is 0.556. The zero-order chi connectivity index (χ0) is 16.1. The second kappa shape index (κ2) is 5.11. The molecule has 2 aliphatic rings. The molecule has 0 aromatic heterocycles. The number of methoxy groups -OCH3 is 1. The van der Waals surface area contributed by atoms with E-state index in [1.165, 1.54) is 0 Å². The number of hydrogen-bond acceptors (Lipinski definition) is 4. The first-order chi connectivity index (χ1) is 10.3. The van der Waals surface area contributed by atoms with Gasteiger partial charge in [0.2, 0.25) is 0 Å². The monoisotopic (exact) mass is 302 g/mol. The molecular formula is C18H22O4. The van der Waals surface area contributed by atoms with Gasteiger partial charge in [0.15, 0.2) is 0 Å². The summed E-state index contributed by atoms with van der Waals surface area (Å²) >= 11 is 0. The molecule has 1 fully saturated rings. The number of cyclic esters (lactones) is 2. The quantitative estimate of drug-likeness (QED) is 0.622. The number of benzene rings is 1. The molecule has 0 N–H and O–H groups in total. The van der Waals surface area contributed by atoms with Crippen molar-refractivity contribution in [2.24, 2.45) is 17.3 Å². The van der Waals surface area contributed by atoms with Gasteiger partial charge in [-0.2, -0.15) is 0 Å². The van der Waals surface area contributed by atoms with Crippen LogP contribution >= 0.6 is 0 Å². The lowest BCUT2D eigenvalue weighted by molar-refractivity contribution is -0.153. The molecule has 118 valence electrons. The first-order valence-corrected chi connectivity index (χ1v) is 7.72. The predicted molar refractivity (Wildman–Crippen MR) is 81.6 cm³/mol. The van der Waals surface area contributed by atoms with E-state index >= 15 is 0 Å². The molecule has 0 unspecified atom stereocenters. The van der Waals surface area contributed by atoms with E-state index in [0.717, 1.165) is 23.3 Å². The average molecular weight is 302 g/mol. The van der Waals surface area contributed by atoms with Gasteiger partial charge in [-0.15, -0.1) is 0 Å². The standard InChI is InChI=1S/C18H22O4/c1-18(2,3)9-14-12-6-5-11(21-4)7-10(12)8-13-15(14)17(20)22-16(13)19/h5-7,13-15H,8-9H2,1-4H3/t13-,14+,15-/m1/s1. The van der Waals surface area contributed by atoms with Crippen LogP contribution in [-0.4, -0.2) is 19.0 Å². The van der Waals surface area contributed by atoms with Crippen molar-refractivity contribution in [3.63, 3.8) is 0 Å². The van der Waals surface area contributed by atoms with Crippen LogP contribution in [-0.2, 0) is 20.7 Å².